The summed E-state index contributed by atoms with van der Waals surface area (Å²) >= 11 is 0. The summed E-state index contributed by atoms with van der Waals surface area (Å²) < 4.78 is 44.1. The Morgan fingerprint density at radius 3 is 2.41 bits per heavy atom. The number of nitrogens with one attached hydrogen (secondary N) is 1. The third-order valence-electron chi connectivity index (χ3n) is 4.98. The van der Waals surface area contributed by atoms with Crippen molar-refractivity contribution in [3.8, 4) is 11.5 Å². The van der Waals surface area contributed by atoms with Gasteiger partial charge in [0.1, 0.15) is 11.6 Å². The lowest BCUT2D eigenvalue weighted by molar-refractivity contribution is 0.0940. The Morgan fingerprint density at radius 2 is 1.84 bits per heavy atom. The summed E-state index contributed by atoms with van der Waals surface area (Å²) in [7, 11) is -2.19. The van der Waals surface area contributed by atoms with E-state index in [2.05, 4.69) is 10.3 Å². The highest BCUT2D eigenvalue weighted by Crippen LogP contribution is 2.29. The summed E-state index contributed by atoms with van der Waals surface area (Å²) in [6.07, 6.45) is 2.55. The lowest BCUT2D eigenvalue weighted by atomic mass is 10.1. The van der Waals surface area contributed by atoms with Crippen LogP contribution in [0.4, 0.5) is 10.1 Å². The van der Waals surface area contributed by atoms with Crippen LogP contribution in [0, 0.1) is 5.82 Å². The number of halogens is 1. The van der Waals surface area contributed by atoms with Crippen LogP contribution in [-0.4, -0.2) is 32.6 Å². The van der Waals surface area contributed by atoms with Crippen molar-refractivity contribution in [2.45, 2.75) is 25.9 Å². The molecule has 10 heteroatoms. The topological polar surface area (TPSA) is 119 Å². The summed E-state index contributed by atoms with van der Waals surface area (Å²) in [5, 5.41) is 2.84. The first kappa shape index (κ1) is 23.4. The number of hydrogen-bond donors (Lipinski definition) is 2. The van der Waals surface area contributed by atoms with E-state index in [4.69, 9.17) is 10.2 Å². The number of amides is 1. The smallest absolute Gasteiger partial charge is 0.251 e. The van der Waals surface area contributed by atoms with E-state index in [-0.39, 0.29) is 29.0 Å². The van der Waals surface area contributed by atoms with Crippen molar-refractivity contribution in [3.05, 3.63) is 71.4 Å². The standard InChI is InChI=1S/C22H25FN4O4S/c1-13(24)20-12-25-22(31-20)17-9-16(10-19(11-17)27(3)32(4,29)30)21(28)26-14(2)15-5-7-18(23)8-6-15/h5-14H,24H2,1-4H3,(H,26,28)/t13?,14-/m1/s1. The molecule has 0 aliphatic carbocycles. The Morgan fingerprint density at radius 1 is 1.19 bits per heavy atom. The minimum atomic E-state index is -3.58. The van der Waals surface area contributed by atoms with Crippen molar-refractivity contribution in [2.75, 3.05) is 17.6 Å². The fourth-order valence-electron chi connectivity index (χ4n) is 2.98. The Balaban J connectivity index is 1.99. The number of aromatic nitrogens is 1. The zero-order valence-corrected chi connectivity index (χ0v) is 19.0. The number of carbonyl (C=O) groups is 1. The maximum Gasteiger partial charge on any atom is 0.251 e. The molecule has 0 radical (unpaired) electrons. The van der Waals surface area contributed by atoms with Gasteiger partial charge in [-0.05, 0) is 49.7 Å². The number of oxazole rings is 1. The van der Waals surface area contributed by atoms with Gasteiger partial charge in [0, 0.05) is 18.2 Å². The highest BCUT2D eigenvalue weighted by Gasteiger charge is 2.20. The van der Waals surface area contributed by atoms with E-state index in [1.807, 2.05) is 0 Å². The van der Waals surface area contributed by atoms with Crippen LogP contribution in [-0.2, 0) is 10.0 Å². The van der Waals surface area contributed by atoms with E-state index in [0.29, 0.717) is 11.3 Å². The van der Waals surface area contributed by atoms with Gasteiger partial charge in [-0.25, -0.2) is 17.8 Å². The van der Waals surface area contributed by atoms with E-state index in [9.17, 15) is 17.6 Å². The fraction of sp³-hybridized carbons (Fsp3) is 0.273. The van der Waals surface area contributed by atoms with Crippen molar-refractivity contribution in [1.82, 2.24) is 10.3 Å². The van der Waals surface area contributed by atoms with Crippen LogP contribution >= 0.6 is 0 Å². The molecule has 2 aromatic carbocycles. The number of hydrogen-bond acceptors (Lipinski definition) is 6. The van der Waals surface area contributed by atoms with Gasteiger partial charge in [-0.15, -0.1) is 0 Å². The number of nitrogens with two attached hydrogens (primary N) is 1. The average molecular weight is 461 g/mol. The van der Waals surface area contributed by atoms with Crippen LogP contribution in [0.2, 0.25) is 0 Å². The zero-order chi connectivity index (χ0) is 23.6. The quantitative estimate of drug-likeness (QED) is 0.558. The summed E-state index contributed by atoms with van der Waals surface area (Å²) in [5.74, 6) is -0.143. The van der Waals surface area contributed by atoms with Gasteiger partial charge in [0.05, 0.1) is 30.2 Å². The predicted molar refractivity (Wildman–Crippen MR) is 120 cm³/mol. The SMILES string of the molecule is CC(N)c1cnc(-c2cc(C(=O)N[C@H](C)c3ccc(F)cc3)cc(N(C)S(C)(=O)=O)c2)o1. The Labute approximate surface area is 186 Å². The number of anilines is 1. The van der Waals surface area contributed by atoms with Gasteiger partial charge in [-0.3, -0.25) is 9.10 Å². The van der Waals surface area contributed by atoms with Crippen molar-refractivity contribution in [3.63, 3.8) is 0 Å². The van der Waals surface area contributed by atoms with Crippen molar-refractivity contribution >= 4 is 21.6 Å². The Bertz CT molecular complexity index is 1220. The van der Waals surface area contributed by atoms with E-state index in [0.717, 1.165) is 16.1 Å². The number of benzene rings is 2. The molecule has 170 valence electrons. The van der Waals surface area contributed by atoms with Crippen molar-refractivity contribution in [2.24, 2.45) is 5.73 Å². The molecule has 0 saturated heterocycles. The van der Waals surface area contributed by atoms with Gasteiger partial charge >= 0.3 is 0 Å². The third kappa shape index (κ3) is 5.32. The molecule has 8 nitrogen and oxygen atoms in total. The third-order valence-corrected chi connectivity index (χ3v) is 6.18. The van der Waals surface area contributed by atoms with Crippen LogP contribution in [0.5, 0.6) is 0 Å². The summed E-state index contributed by atoms with van der Waals surface area (Å²) in [6.45, 7) is 3.51. The summed E-state index contributed by atoms with van der Waals surface area (Å²) in [4.78, 5) is 17.2. The van der Waals surface area contributed by atoms with Gasteiger partial charge in [0.25, 0.3) is 5.91 Å². The van der Waals surface area contributed by atoms with Gasteiger partial charge in [-0.2, -0.15) is 0 Å². The zero-order valence-electron chi connectivity index (χ0n) is 18.2. The van der Waals surface area contributed by atoms with Gasteiger partial charge in [0.15, 0.2) is 0 Å². The van der Waals surface area contributed by atoms with Crippen LogP contribution in [0.15, 0.2) is 53.1 Å². The molecule has 2 atom stereocenters. The molecule has 0 fully saturated rings. The molecule has 1 heterocycles. The molecule has 3 rings (SSSR count). The molecule has 1 amide bonds. The molecule has 1 unspecified atom stereocenters. The molecule has 1 aromatic heterocycles. The average Bonchev–Trinajstić information content (AvgIpc) is 3.23. The molecule has 0 spiro atoms. The van der Waals surface area contributed by atoms with Crippen molar-refractivity contribution < 1.29 is 22.0 Å². The number of sulfonamides is 1. The van der Waals surface area contributed by atoms with Gasteiger partial charge in [-0.1, -0.05) is 12.1 Å². The monoisotopic (exact) mass is 460 g/mol. The first-order valence-corrected chi connectivity index (χ1v) is 11.7. The molecule has 0 aliphatic heterocycles. The van der Waals surface area contributed by atoms with Crippen molar-refractivity contribution in [1.29, 1.82) is 0 Å². The normalized spacial score (nSPS) is 13.4. The maximum atomic E-state index is 13.2. The van der Waals surface area contributed by atoms with E-state index in [1.54, 1.807) is 38.1 Å². The Hall–Kier alpha value is -3.24. The highest BCUT2D eigenvalue weighted by atomic mass is 32.2. The molecular weight excluding hydrogens is 435 g/mol. The van der Waals surface area contributed by atoms with Crippen LogP contribution in [0.1, 0.15) is 47.6 Å². The summed E-state index contributed by atoms with van der Waals surface area (Å²) in [5.41, 5.74) is 7.45. The molecule has 32 heavy (non-hydrogen) atoms. The van der Waals surface area contributed by atoms with E-state index >= 15 is 0 Å². The first-order valence-electron chi connectivity index (χ1n) is 9.82. The number of carbonyl (C=O) groups excluding carboxylic acids is 1. The Kier molecular flexibility index (Phi) is 6.65. The molecule has 0 bridgehead atoms. The van der Waals surface area contributed by atoms with Crippen LogP contribution in [0.3, 0.4) is 0 Å². The second-order valence-electron chi connectivity index (χ2n) is 7.60. The lowest BCUT2D eigenvalue weighted by Crippen LogP contribution is -2.28. The van der Waals surface area contributed by atoms with Gasteiger partial charge in [0.2, 0.25) is 15.9 Å². The number of rotatable bonds is 7. The first-order chi connectivity index (χ1) is 15.0. The highest BCUT2D eigenvalue weighted by molar-refractivity contribution is 7.92. The maximum absolute atomic E-state index is 13.2. The van der Waals surface area contributed by atoms with Crippen LogP contribution in [0.25, 0.3) is 11.5 Å². The van der Waals surface area contributed by atoms with E-state index < -0.39 is 22.0 Å². The largest absolute Gasteiger partial charge is 0.440 e. The molecule has 0 aliphatic rings. The summed E-state index contributed by atoms with van der Waals surface area (Å²) in [6, 6.07) is 9.61. The molecule has 0 saturated carbocycles. The number of nitrogens with zero attached hydrogens (tertiary/aromatic N) is 2. The lowest BCUT2D eigenvalue weighted by Gasteiger charge is -2.19. The van der Waals surface area contributed by atoms with E-state index in [1.165, 1.54) is 31.4 Å². The second kappa shape index (κ2) is 9.09. The second-order valence-corrected chi connectivity index (χ2v) is 9.62. The molecule has 3 aromatic rings. The molecular formula is C22H25FN4O4S. The minimum Gasteiger partial charge on any atom is -0.440 e. The fourth-order valence-corrected chi connectivity index (χ4v) is 3.47. The van der Waals surface area contributed by atoms with Gasteiger partial charge < -0.3 is 15.5 Å². The predicted octanol–water partition coefficient (Wildman–Crippen LogP) is 3.39. The minimum absolute atomic E-state index is 0.210. The van der Waals surface area contributed by atoms with Crippen LogP contribution < -0.4 is 15.4 Å². The molecule has 3 N–H and O–H groups in total.